The van der Waals surface area contributed by atoms with E-state index >= 15 is 0 Å². The third-order valence-electron chi connectivity index (χ3n) is 27.0. The SMILES string of the molecule is Cc1cccc(-c2ccc3c(ccn3CC3CCN(C(=O)CCc4ccccc4)CC3)c2)n1.O=C(CCc1ccccc1)N1CCC(Cn2ccc3cc(-c4ccccn4)ccc32)CC1.O=C(CCc1ccccc1)N1CCC(Cn2ccc3cc(-c4cnccn4)ccc32)CC1.O=C1C=CC=C(c2ccc3c(ccn3CC3CCN(C(=O)CCc4ccccc4)CC3)c2)C1. The molecule has 1 aliphatic carbocycles. The Morgan fingerprint density at radius 2 is 0.662 bits per heavy atom. The van der Waals surface area contributed by atoms with Crippen molar-refractivity contribution in [1.29, 1.82) is 0 Å². The van der Waals surface area contributed by atoms with Crippen LogP contribution < -0.4 is 0 Å². The largest absolute Gasteiger partial charge is 0.347 e. The number of carbonyl (C=O) groups excluding carboxylic acids is 5. The number of rotatable bonds is 24. The predicted octanol–water partition coefficient (Wildman–Crippen LogP) is 21.9. The van der Waals surface area contributed by atoms with Crippen LogP contribution in [0.1, 0.15) is 117 Å². The van der Waals surface area contributed by atoms with E-state index in [2.05, 4.69) is 235 Å². The lowest BCUT2D eigenvalue weighted by atomic mass is 9.95. The second-order valence-electron chi connectivity index (χ2n) is 35.9. The van der Waals surface area contributed by atoms with Gasteiger partial charge in [-0.15, -0.1) is 0 Å². The molecule has 17 nitrogen and oxygen atoms in total. The third-order valence-corrected chi connectivity index (χ3v) is 27.0. The first-order valence-corrected chi connectivity index (χ1v) is 47.0. The van der Waals surface area contributed by atoms with Crippen molar-refractivity contribution in [3.8, 4) is 33.8 Å². The summed E-state index contributed by atoms with van der Waals surface area (Å²) in [6.07, 6.45) is 36.0. The fourth-order valence-electron chi connectivity index (χ4n) is 19.4. The lowest BCUT2D eigenvalue weighted by Crippen LogP contribution is -2.39. The van der Waals surface area contributed by atoms with Crippen molar-refractivity contribution in [3.05, 3.63) is 356 Å². The normalized spacial score (nSPS) is 15.2. The standard InChI is InChI=1S/C29H31N3O.C29H30N2O2.C28H29N3O.C27H28N4O/c1-22-6-5-9-27(30-22)25-11-12-28-26(20-25)16-19-32(28)21-24-14-17-31(18-15-24)29(33)13-10-23-7-3-2-4-8-23;32-27-8-4-7-24(20-27)25-10-11-28-26(19-25)15-18-31(28)21-23-13-16-30(17-14-23)29(33)12-9-22-5-2-1-3-6-22;32-28(12-9-22-6-2-1-3-7-22)30-17-13-23(14-18-30)21-31-19-15-25-20-24(10-11-27(25)31)26-8-4-5-16-29-26;32-27(9-6-21-4-2-1-3-5-21)30-15-10-22(11-16-30)20-31-17-12-24-18-23(7-8-26(24)31)25-19-28-13-14-29-25/h2-9,11-12,16,19-20,24H,10,13-15,17-18,21H2,1H3;1-8,10-11,15,18-19,23H,9,12-14,16-17,20-21H2;1-8,10-11,15-16,19-20,23H,9,12-14,17-18,21H2;1-5,7-8,12-14,17-19,22H,6,9-11,15-16,20H2. The Labute approximate surface area is 763 Å². The third kappa shape index (κ3) is 23.4. The van der Waals surface area contributed by atoms with Gasteiger partial charge in [0.15, 0.2) is 5.78 Å². The van der Waals surface area contributed by atoms with E-state index < -0.39 is 0 Å². The number of amides is 4. The smallest absolute Gasteiger partial charge is 0.222 e. The first-order valence-electron chi connectivity index (χ1n) is 47.0. The van der Waals surface area contributed by atoms with Gasteiger partial charge in [0.1, 0.15) is 0 Å². The molecule has 0 atom stereocenters. The molecule has 20 rings (SSSR count). The van der Waals surface area contributed by atoms with Crippen molar-refractivity contribution in [1.82, 2.24) is 57.8 Å². The number of benzene rings is 8. The van der Waals surface area contributed by atoms with Crippen LogP contribution in [0.2, 0.25) is 0 Å². The number of nitrogens with zero attached hydrogens (tertiary/aromatic N) is 12. The highest BCUT2D eigenvalue weighted by Gasteiger charge is 2.29. The first kappa shape index (κ1) is 88.4. The molecule has 7 aromatic heterocycles. The molecule has 0 bridgehead atoms. The van der Waals surface area contributed by atoms with E-state index in [0.717, 1.165) is 206 Å². The highest BCUT2D eigenvalue weighted by Crippen LogP contribution is 2.34. The molecule has 4 aliphatic heterocycles. The van der Waals surface area contributed by atoms with E-state index in [-0.39, 0.29) is 17.6 Å². The van der Waals surface area contributed by atoms with Gasteiger partial charge in [-0.05, 0) is 244 Å². The van der Waals surface area contributed by atoms with E-state index in [4.69, 9.17) is 0 Å². The zero-order valence-electron chi connectivity index (χ0n) is 74.8. The Hall–Kier alpha value is -13.7. The number of hydrogen-bond donors (Lipinski definition) is 0. The van der Waals surface area contributed by atoms with E-state index in [1.165, 1.54) is 65.9 Å². The molecule has 0 saturated carbocycles. The lowest BCUT2D eigenvalue weighted by Gasteiger charge is -2.32. The summed E-state index contributed by atoms with van der Waals surface area (Å²) in [5, 5.41) is 4.94. The van der Waals surface area contributed by atoms with Gasteiger partial charge in [-0.1, -0.05) is 170 Å². The second kappa shape index (κ2) is 43.4. The van der Waals surface area contributed by atoms with Crippen molar-refractivity contribution in [2.24, 2.45) is 23.7 Å². The highest BCUT2D eigenvalue weighted by atomic mass is 16.2. The molecule has 0 unspecified atom stereocenters. The summed E-state index contributed by atoms with van der Waals surface area (Å²) in [6.45, 7) is 13.0. The van der Waals surface area contributed by atoms with Gasteiger partial charge >= 0.3 is 0 Å². The Morgan fingerprint density at radius 3 is 1.00 bits per heavy atom. The topological polar surface area (TPSA) is 170 Å². The lowest BCUT2D eigenvalue weighted by molar-refractivity contribution is -0.133. The fraction of sp³-hybridized carbons (Fsp3) is 0.301. The molecule has 0 radical (unpaired) electrons. The summed E-state index contributed by atoms with van der Waals surface area (Å²) in [5.41, 5.74) is 19.5. The number of aryl methyl sites for hydroxylation is 5. The molecule has 0 N–H and O–H groups in total. The van der Waals surface area contributed by atoms with Gasteiger partial charge in [-0.3, -0.25) is 43.9 Å². The number of fused-ring (bicyclic) bond motifs is 4. The van der Waals surface area contributed by atoms with Gasteiger partial charge < -0.3 is 37.9 Å². The van der Waals surface area contributed by atoms with Crippen LogP contribution in [0.25, 0.3) is 83.0 Å². The minimum Gasteiger partial charge on any atom is -0.347 e. The maximum Gasteiger partial charge on any atom is 0.222 e. The highest BCUT2D eigenvalue weighted by molar-refractivity contribution is 6.01. The van der Waals surface area contributed by atoms with E-state index in [1.807, 2.05) is 127 Å². The number of likely N-dealkylation sites (tertiary alicyclic amines) is 4. The van der Waals surface area contributed by atoms with Crippen molar-refractivity contribution < 1.29 is 24.0 Å². The van der Waals surface area contributed by atoms with Gasteiger partial charge in [0.25, 0.3) is 0 Å². The zero-order valence-corrected chi connectivity index (χ0v) is 74.8. The van der Waals surface area contributed by atoms with Crippen LogP contribution in [-0.4, -0.2) is 140 Å². The van der Waals surface area contributed by atoms with Crippen LogP contribution in [0.5, 0.6) is 0 Å². The Morgan fingerprint density at radius 1 is 0.331 bits per heavy atom. The molecule has 660 valence electrons. The quantitative estimate of drug-likeness (QED) is 0.0571. The van der Waals surface area contributed by atoms with Gasteiger partial charge in [0.05, 0.1) is 23.3 Å². The van der Waals surface area contributed by atoms with Crippen molar-refractivity contribution in [3.63, 3.8) is 0 Å². The molecule has 11 heterocycles. The second-order valence-corrected chi connectivity index (χ2v) is 35.9. The van der Waals surface area contributed by atoms with Gasteiger partial charge in [-0.2, -0.15) is 0 Å². The van der Waals surface area contributed by atoms with Crippen LogP contribution >= 0.6 is 0 Å². The number of carbonyl (C=O) groups is 5. The number of ketones is 1. The molecule has 4 saturated heterocycles. The Balaban J connectivity index is 0.000000121. The van der Waals surface area contributed by atoms with Crippen LogP contribution in [-0.2, 0) is 75.8 Å². The first-order chi connectivity index (χ1) is 63.8. The minimum absolute atomic E-state index is 0.162. The maximum absolute atomic E-state index is 12.7. The molecular weight excluding hydrogens is 1610 g/mol. The summed E-state index contributed by atoms with van der Waals surface area (Å²) < 4.78 is 9.44. The van der Waals surface area contributed by atoms with E-state index in [0.29, 0.717) is 67.6 Å². The Bertz CT molecular complexity index is 6160. The summed E-state index contributed by atoms with van der Waals surface area (Å²) >= 11 is 0. The van der Waals surface area contributed by atoms with Gasteiger partial charge in [0, 0.05) is 220 Å². The molecule has 5 aliphatic rings. The summed E-state index contributed by atoms with van der Waals surface area (Å²) in [5.74, 6) is 3.72. The Kier molecular flexibility index (Phi) is 29.5. The molecule has 0 spiro atoms. The number of aromatic nitrogens is 8. The molecule has 8 aromatic carbocycles. The number of piperidine rings is 4. The zero-order chi connectivity index (χ0) is 88.8. The summed E-state index contributed by atoms with van der Waals surface area (Å²) in [6, 6.07) is 88.2. The van der Waals surface area contributed by atoms with E-state index in [9.17, 15) is 24.0 Å². The van der Waals surface area contributed by atoms with Crippen LogP contribution in [0, 0.1) is 30.6 Å². The average molecular weight is 1720 g/mol. The molecule has 4 fully saturated rings. The van der Waals surface area contributed by atoms with Crippen LogP contribution in [0.4, 0.5) is 0 Å². The monoisotopic (exact) mass is 1720 g/mol. The van der Waals surface area contributed by atoms with Crippen molar-refractivity contribution in [2.45, 2.75) is 142 Å². The predicted molar refractivity (Wildman–Crippen MR) is 523 cm³/mol. The van der Waals surface area contributed by atoms with E-state index in [1.54, 1.807) is 24.7 Å². The van der Waals surface area contributed by atoms with Gasteiger partial charge in [0.2, 0.25) is 23.6 Å². The maximum atomic E-state index is 12.7. The molecule has 15 aromatic rings. The van der Waals surface area contributed by atoms with Crippen molar-refractivity contribution >= 4 is 78.6 Å². The molecule has 17 heteroatoms. The number of hydrogen-bond acceptors (Lipinski definition) is 9. The van der Waals surface area contributed by atoms with Crippen LogP contribution in [0.3, 0.4) is 0 Å². The fourth-order valence-corrected chi connectivity index (χ4v) is 19.4. The number of pyridine rings is 2. The van der Waals surface area contributed by atoms with Gasteiger partial charge in [-0.25, -0.2) is 0 Å². The summed E-state index contributed by atoms with van der Waals surface area (Å²) in [4.78, 5) is 88.3. The molecule has 4 amide bonds. The van der Waals surface area contributed by atoms with Crippen LogP contribution in [0.15, 0.2) is 323 Å². The minimum atomic E-state index is 0.162. The molecule has 130 heavy (non-hydrogen) atoms. The average Bonchev–Trinajstić information content (AvgIpc) is 1.67. The number of allylic oxidation sites excluding steroid dienone is 4. The van der Waals surface area contributed by atoms with Crippen molar-refractivity contribution in [2.75, 3.05) is 52.4 Å². The molecular formula is C113H118N12O5. The summed E-state index contributed by atoms with van der Waals surface area (Å²) in [7, 11) is 0.